The van der Waals surface area contributed by atoms with E-state index in [1.807, 2.05) is 20.8 Å². The summed E-state index contributed by atoms with van der Waals surface area (Å²) in [4.78, 5) is 23.2. The molecule has 6 heteroatoms. The Morgan fingerprint density at radius 1 is 1.15 bits per heavy atom. The maximum atomic E-state index is 13.5. The van der Waals surface area contributed by atoms with Gasteiger partial charge in [0.1, 0.15) is 0 Å². The second kappa shape index (κ2) is 5.32. The van der Waals surface area contributed by atoms with Gasteiger partial charge in [-0.25, -0.2) is 9.97 Å². The molecule has 26 heavy (non-hydrogen) atoms. The van der Waals surface area contributed by atoms with Gasteiger partial charge < -0.3 is 5.32 Å². The van der Waals surface area contributed by atoms with E-state index in [1.54, 1.807) is 12.1 Å². The fraction of sp³-hybridized carbons (Fsp3) is 0.550. The number of nitrogens with zero attached hydrogens (tertiary/aromatic N) is 2. The van der Waals surface area contributed by atoms with Crippen LogP contribution in [0.2, 0.25) is 10.0 Å². The van der Waals surface area contributed by atoms with Gasteiger partial charge in [-0.3, -0.25) is 4.79 Å². The molecule has 2 bridgehead atoms. The molecule has 1 fully saturated rings. The Kier molecular flexibility index (Phi) is 3.69. The van der Waals surface area contributed by atoms with Gasteiger partial charge in [-0.2, -0.15) is 0 Å². The topological polar surface area (TPSA) is 54.9 Å². The van der Waals surface area contributed by atoms with Crippen LogP contribution in [0.15, 0.2) is 12.1 Å². The number of carbonyl (C=O) groups excluding carboxylic acids is 1. The second-order valence-electron chi connectivity index (χ2n) is 9.13. The largest absolute Gasteiger partial charge is 0.351 e. The molecule has 0 spiro atoms. The summed E-state index contributed by atoms with van der Waals surface area (Å²) < 4.78 is 0. The number of carbonyl (C=O) groups is 1. The molecular weight excluding hydrogens is 369 g/mol. The van der Waals surface area contributed by atoms with Crippen molar-refractivity contribution in [1.29, 1.82) is 0 Å². The van der Waals surface area contributed by atoms with Crippen LogP contribution in [0.3, 0.4) is 0 Å². The maximum absolute atomic E-state index is 13.5. The van der Waals surface area contributed by atoms with Gasteiger partial charge in [0.25, 0.3) is 0 Å². The van der Waals surface area contributed by atoms with E-state index in [2.05, 4.69) is 19.2 Å². The molecule has 1 aromatic carbocycles. The molecule has 2 aliphatic carbocycles. The molecule has 2 unspecified atom stereocenters. The number of halogens is 2. The van der Waals surface area contributed by atoms with E-state index >= 15 is 0 Å². The van der Waals surface area contributed by atoms with E-state index < -0.39 is 5.41 Å². The molecule has 1 heterocycles. The Bertz CT molecular complexity index is 948. The minimum absolute atomic E-state index is 0.0463. The van der Waals surface area contributed by atoms with Gasteiger partial charge in [0.2, 0.25) is 5.91 Å². The highest BCUT2D eigenvalue weighted by Crippen LogP contribution is 2.67. The van der Waals surface area contributed by atoms with E-state index in [-0.39, 0.29) is 22.8 Å². The molecule has 0 radical (unpaired) electrons. The minimum atomic E-state index is -0.659. The highest BCUT2D eigenvalue weighted by atomic mass is 35.5. The molecular formula is C20H23Cl2N3O. The van der Waals surface area contributed by atoms with E-state index in [0.29, 0.717) is 15.6 Å². The number of nitrogens with one attached hydrogen (secondary N) is 1. The number of hydrogen-bond acceptors (Lipinski definition) is 3. The number of rotatable bonds is 1. The SMILES string of the molecule is CC(C)(C)NC(=O)C12CCC(c3nc4cc(Cl)c(Cl)cc4nc31)C2(C)C. The summed E-state index contributed by atoms with van der Waals surface area (Å²) in [5.41, 5.74) is 1.97. The zero-order chi connectivity index (χ0) is 19.1. The quantitative estimate of drug-likeness (QED) is 0.743. The fourth-order valence-corrected chi connectivity index (χ4v) is 5.14. The van der Waals surface area contributed by atoms with Crippen molar-refractivity contribution in [1.82, 2.24) is 15.3 Å². The van der Waals surface area contributed by atoms with Crippen molar-refractivity contribution in [3.05, 3.63) is 33.6 Å². The molecule has 4 nitrogen and oxygen atoms in total. The Hall–Kier alpha value is -1.39. The van der Waals surface area contributed by atoms with Gasteiger partial charge >= 0.3 is 0 Å². The lowest BCUT2D eigenvalue weighted by atomic mass is 9.67. The highest BCUT2D eigenvalue weighted by molar-refractivity contribution is 6.42. The van der Waals surface area contributed by atoms with Crippen LogP contribution < -0.4 is 5.32 Å². The molecule has 2 aliphatic rings. The third kappa shape index (κ3) is 2.24. The Morgan fingerprint density at radius 3 is 2.31 bits per heavy atom. The minimum Gasteiger partial charge on any atom is -0.351 e. The van der Waals surface area contributed by atoms with Crippen LogP contribution in [0.4, 0.5) is 0 Å². The van der Waals surface area contributed by atoms with Crippen LogP contribution in [0.25, 0.3) is 11.0 Å². The van der Waals surface area contributed by atoms with E-state index in [1.165, 1.54) is 0 Å². The third-order valence-electron chi connectivity index (χ3n) is 6.12. The highest BCUT2D eigenvalue weighted by Gasteiger charge is 2.68. The first-order valence-electron chi connectivity index (χ1n) is 8.97. The first-order chi connectivity index (χ1) is 12.0. The predicted molar refractivity (Wildman–Crippen MR) is 105 cm³/mol. The molecule has 2 atom stereocenters. The first kappa shape index (κ1) is 18.0. The van der Waals surface area contributed by atoms with Crippen LogP contribution in [0.5, 0.6) is 0 Å². The standard InChI is InChI=1S/C20H23Cl2N3O/c1-18(2,3)25-17(26)20-7-6-10(19(20,4)5)15-16(20)24-14-9-12(22)11(21)8-13(14)23-15/h8-10H,6-7H2,1-5H3,(H,25,26). The van der Waals surface area contributed by atoms with Crippen molar-refractivity contribution in [2.45, 2.75) is 64.3 Å². The van der Waals surface area contributed by atoms with Crippen molar-refractivity contribution >= 4 is 40.1 Å². The summed E-state index contributed by atoms with van der Waals surface area (Å²) in [6.07, 6.45) is 1.74. The van der Waals surface area contributed by atoms with Gasteiger partial charge in [-0.15, -0.1) is 0 Å². The van der Waals surface area contributed by atoms with Crippen molar-refractivity contribution < 1.29 is 4.79 Å². The van der Waals surface area contributed by atoms with Gasteiger partial charge in [-0.05, 0) is 51.2 Å². The Balaban J connectivity index is 1.96. The van der Waals surface area contributed by atoms with E-state index in [4.69, 9.17) is 33.2 Å². The van der Waals surface area contributed by atoms with Gasteiger partial charge in [0.15, 0.2) is 0 Å². The second-order valence-corrected chi connectivity index (χ2v) is 9.95. The summed E-state index contributed by atoms with van der Waals surface area (Å²) in [7, 11) is 0. The third-order valence-corrected chi connectivity index (χ3v) is 6.84. The normalized spacial score (nSPS) is 26.2. The summed E-state index contributed by atoms with van der Waals surface area (Å²) in [6, 6.07) is 3.49. The van der Waals surface area contributed by atoms with Crippen LogP contribution in [-0.2, 0) is 10.2 Å². The van der Waals surface area contributed by atoms with Crippen LogP contribution >= 0.6 is 23.2 Å². The summed E-state index contributed by atoms with van der Waals surface area (Å²) >= 11 is 12.3. The molecule has 1 aromatic heterocycles. The number of amides is 1. The fourth-order valence-electron chi connectivity index (χ4n) is 4.83. The Labute approximate surface area is 163 Å². The van der Waals surface area contributed by atoms with E-state index in [0.717, 1.165) is 29.7 Å². The summed E-state index contributed by atoms with van der Waals surface area (Å²) in [5.74, 6) is 0.263. The van der Waals surface area contributed by atoms with Gasteiger partial charge in [-0.1, -0.05) is 37.0 Å². The number of benzene rings is 1. The first-order valence-corrected chi connectivity index (χ1v) is 9.73. The van der Waals surface area contributed by atoms with Crippen LogP contribution in [0.1, 0.15) is 64.8 Å². The van der Waals surface area contributed by atoms with E-state index in [9.17, 15) is 4.79 Å². The zero-order valence-electron chi connectivity index (χ0n) is 15.7. The number of fused-ring (bicyclic) bond motifs is 6. The molecule has 1 amide bonds. The smallest absolute Gasteiger partial charge is 0.233 e. The zero-order valence-corrected chi connectivity index (χ0v) is 17.2. The number of hydrogen-bond donors (Lipinski definition) is 1. The Morgan fingerprint density at radius 2 is 1.73 bits per heavy atom. The van der Waals surface area contributed by atoms with Crippen molar-refractivity contribution in [2.75, 3.05) is 0 Å². The van der Waals surface area contributed by atoms with Gasteiger partial charge in [0.05, 0.1) is 37.9 Å². The predicted octanol–water partition coefficient (Wildman–Crippen LogP) is 5.01. The summed E-state index contributed by atoms with van der Waals surface area (Å²) in [6.45, 7) is 10.3. The number of aromatic nitrogens is 2. The van der Waals surface area contributed by atoms with Crippen molar-refractivity contribution in [2.24, 2.45) is 5.41 Å². The molecule has 0 aliphatic heterocycles. The molecule has 0 saturated heterocycles. The lowest BCUT2D eigenvalue weighted by Gasteiger charge is -2.38. The van der Waals surface area contributed by atoms with Crippen LogP contribution in [-0.4, -0.2) is 21.4 Å². The van der Waals surface area contributed by atoms with Crippen molar-refractivity contribution in [3.63, 3.8) is 0 Å². The lowest BCUT2D eigenvalue weighted by Crippen LogP contribution is -2.54. The maximum Gasteiger partial charge on any atom is 0.233 e. The molecule has 1 N–H and O–H groups in total. The molecule has 138 valence electrons. The molecule has 2 aromatic rings. The molecule has 1 saturated carbocycles. The lowest BCUT2D eigenvalue weighted by molar-refractivity contribution is -0.131. The average Bonchev–Trinajstić information content (AvgIpc) is 2.87. The summed E-state index contributed by atoms with van der Waals surface area (Å²) in [5, 5.41) is 4.11. The monoisotopic (exact) mass is 391 g/mol. The molecule has 4 rings (SSSR count). The average molecular weight is 392 g/mol. The van der Waals surface area contributed by atoms with Crippen LogP contribution in [0, 0.1) is 5.41 Å². The van der Waals surface area contributed by atoms with Gasteiger partial charge in [0, 0.05) is 11.5 Å². The van der Waals surface area contributed by atoms with Crippen molar-refractivity contribution in [3.8, 4) is 0 Å².